The molecule has 0 saturated heterocycles. The second-order valence-corrected chi connectivity index (χ2v) is 0.925. The molecule has 0 unspecified atom stereocenters. The van der Waals surface area contributed by atoms with Crippen LogP contribution in [-0.4, -0.2) is 12.6 Å². The molecular formula is C4H8O2V. The van der Waals surface area contributed by atoms with Crippen LogP contribution in [0.4, 0.5) is 0 Å². The fourth-order valence-electron chi connectivity index (χ4n) is 0.203. The maximum atomic E-state index is 9.82. The van der Waals surface area contributed by atoms with Gasteiger partial charge in [0.15, 0.2) is 0 Å². The largest absolute Gasteiger partial charge is 0.466 e. The molecule has 0 aromatic heterocycles. The quantitative estimate of drug-likeness (QED) is 0.496. The van der Waals surface area contributed by atoms with E-state index in [0.29, 0.717) is 6.61 Å². The van der Waals surface area contributed by atoms with Gasteiger partial charge in [0.25, 0.3) is 0 Å². The zero-order chi connectivity index (χ0) is 4.99. The van der Waals surface area contributed by atoms with E-state index in [0.717, 1.165) is 0 Å². The molecule has 0 aliphatic heterocycles. The number of carbonyl (C=O) groups excluding carboxylic acids is 1. The van der Waals surface area contributed by atoms with Gasteiger partial charge in [-0.15, -0.1) is 0 Å². The van der Waals surface area contributed by atoms with Crippen LogP contribution in [0.2, 0.25) is 0 Å². The fraction of sp³-hybridized carbons (Fsp3) is 0.750. The summed E-state index contributed by atoms with van der Waals surface area (Å²) >= 11 is 0. The summed E-state index contributed by atoms with van der Waals surface area (Å²) in [5.74, 6) is -0.211. The predicted molar refractivity (Wildman–Crippen MR) is 22.3 cm³/mol. The monoisotopic (exact) mass is 139 g/mol. The van der Waals surface area contributed by atoms with Gasteiger partial charge in [-0.3, -0.25) is 4.79 Å². The van der Waals surface area contributed by atoms with Crippen LogP contribution in [0.25, 0.3) is 0 Å². The molecule has 2 nitrogen and oxygen atoms in total. The van der Waals surface area contributed by atoms with E-state index in [1.54, 1.807) is 6.92 Å². The van der Waals surface area contributed by atoms with Crippen LogP contribution in [0.1, 0.15) is 13.8 Å². The summed E-state index contributed by atoms with van der Waals surface area (Å²) in [7, 11) is 0. The third-order valence-corrected chi connectivity index (χ3v) is 0.348. The van der Waals surface area contributed by atoms with Gasteiger partial charge in [-0.1, -0.05) is 0 Å². The van der Waals surface area contributed by atoms with Crippen LogP contribution < -0.4 is 0 Å². The Hall–Kier alpha value is 0.0544. The molecule has 0 aliphatic carbocycles. The van der Waals surface area contributed by atoms with Crippen molar-refractivity contribution in [2.45, 2.75) is 13.8 Å². The molecule has 0 amide bonds. The van der Waals surface area contributed by atoms with Crippen molar-refractivity contribution < 1.29 is 28.1 Å². The number of rotatable bonds is 1. The molecule has 3 heteroatoms. The Kier molecular flexibility index (Phi) is 8.75. The predicted octanol–water partition coefficient (Wildman–Crippen LogP) is 0.567. The van der Waals surface area contributed by atoms with E-state index in [9.17, 15) is 4.79 Å². The normalized spacial score (nSPS) is 6.57. The Labute approximate surface area is 55.1 Å². The molecule has 0 heterocycles. The average Bonchev–Trinajstić information content (AvgIpc) is 1.35. The van der Waals surface area contributed by atoms with Crippen molar-refractivity contribution in [2.75, 3.05) is 6.61 Å². The van der Waals surface area contributed by atoms with Crippen molar-refractivity contribution in [1.29, 1.82) is 0 Å². The van der Waals surface area contributed by atoms with Crippen LogP contribution >= 0.6 is 0 Å². The molecule has 0 aliphatic rings. The second-order valence-electron chi connectivity index (χ2n) is 0.925. The minimum atomic E-state index is -0.211. The van der Waals surface area contributed by atoms with Crippen molar-refractivity contribution >= 4 is 5.97 Å². The summed E-state index contributed by atoms with van der Waals surface area (Å²) in [5.41, 5.74) is 0. The van der Waals surface area contributed by atoms with E-state index in [-0.39, 0.29) is 24.5 Å². The number of hydrogen-bond acceptors (Lipinski definition) is 2. The molecule has 0 saturated carbocycles. The standard InChI is InChI=1S/C4H8O2.V/c1-3-6-4(2)5;/h3H2,1-2H3;. The molecule has 0 rings (SSSR count). The van der Waals surface area contributed by atoms with Crippen LogP contribution in [-0.2, 0) is 28.1 Å². The molecule has 41 valence electrons. The molecular weight excluding hydrogens is 131 g/mol. The van der Waals surface area contributed by atoms with Crippen molar-refractivity contribution in [2.24, 2.45) is 0 Å². The molecule has 1 radical (unpaired) electrons. The zero-order valence-electron chi connectivity index (χ0n) is 4.47. The molecule has 0 aromatic carbocycles. The fourth-order valence-corrected chi connectivity index (χ4v) is 0.203. The Bertz CT molecular complexity index is 53.7. The Morgan fingerprint density at radius 3 is 2.14 bits per heavy atom. The molecule has 0 bridgehead atoms. The van der Waals surface area contributed by atoms with Gasteiger partial charge in [-0.05, 0) is 6.92 Å². The van der Waals surface area contributed by atoms with E-state index in [1.165, 1.54) is 6.92 Å². The van der Waals surface area contributed by atoms with E-state index in [1.807, 2.05) is 0 Å². The summed E-state index contributed by atoms with van der Waals surface area (Å²) < 4.78 is 4.40. The summed E-state index contributed by atoms with van der Waals surface area (Å²) in [4.78, 5) is 9.82. The minimum absolute atomic E-state index is 0. The SMILES string of the molecule is CCOC(C)=O.[V]. The van der Waals surface area contributed by atoms with Gasteiger partial charge in [-0.2, -0.15) is 0 Å². The van der Waals surface area contributed by atoms with Gasteiger partial charge in [0.05, 0.1) is 6.61 Å². The zero-order valence-corrected chi connectivity index (χ0v) is 5.87. The smallest absolute Gasteiger partial charge is 0.302 e. The van der Waals surface area contributed by atoms with Crippen molar-refractivity contribution in [3.05, 3.63) is 0 Å². The maximum Gasteiger partial charge on any atom is 0.302 e. The van der Waals surface area contributed by atoms with Crippen molar-refractivity contribution in [3.63, 3.8) is 0 Å². The first-order chi connectivity index (χ1) is 2.77. The first kappa shape index (κ1) is 10.1. The Balaban J connectivity index is 0. The van der Waals surface area contributed by atoms with Gasteiger partial charge < -0.3 is 4.74 Å². The van der Waals surface area contributed by atoms with Crippen LogP contribution in [0.5, 0.6) is 0 Å². The molecule has 0 spiro atoms. The van der Waals surface area contributed by atoms with E-state index in [4.69, 9.17) is 0 Å². The third-order valence-electron chi connectivity index (χ3n) is 0.348. The topological polar surface area (TPSA) is 26.3 Å². The van der Waals surface area contributed by atoms with Crippen LogP contribution in [0, 0.1) is 0 Å². The van der Waals surface area contributed by atoms with E-state index < -0.39 is 0 Å². The average molecular weight is 139 g/mol. The summed E-state index contributed by atoms with van der Waals surface area (Å²) in [6, 6.07) is 0. The van der Waals surface area contributed by atoms with E-state index >= 15 is 0 Å². The summed E-state index contributed by atoms with van der Waals surface area (Å²) in [6.07, 6.45) is 0. The first-order valence-corrected chi connectivity index (χ1v) is 1.90. The minimum Gasteiger partial charge on any atom is -0.466 e. The molecule has 0 N–H and O–H groups in total. The van der Waals surface area contributed by atoms with Gasteiger partial charge >= 0.3 is 5.97 Å². The van der Waals surface area contributed by atoms with Gasteiger partial charge in [0.2, 0.25) is 0 Å². The van der Waals surface area contributed by atoms with Gasteiger partial charge in [0, 0.05) is 25.5 Å². The van der Waals surface area contributed by atoms with E-state index in [2.05, 4.69) is 4.74 Å². The second kappa shape index (κ2) is 6.05. The summed E-state index contributed by atoms with van der Waals surface area (Å²) in [6.45, 7) is 3.65. The number of hydrogen-bond donors (Lipinski definition) is 0. The summed E-state index contributed by atoms with van der Waals surface area (Å²) in [5, 5.41) is 0. The maximum absolute atomic E-state index is 9.82. The Morgan fingerprint density at radius 2 is 2.14 bits per heavy atom. The first-order valence-electron chi connectivity index (χ1n) is 1.90. The number of ether oxygens (including phenoxy) is 1. The third kappa shape index (κ3) is 10.7. The van der Waals surface area contributed by atoms with Gasteiger partial charge in [0.1, 0.15) is 0 Å². The number of carbonyl (C=O) groups is 1. The number of esters is 1. The van der Waals surface area contributed by atoms with Crippen LogP contribution in [0.15, 0.2) is 0 Å². The molecule has 0 aromatic rings. The molecule has 0 fully saturated rings. The van der Waals surface area contributed by atoms with Crippen molar-refractivity contribution in [1.82, 2.24) is 0 Å². The van der Waals surface area contributed by atoms with Gasteiger partial charge in [-0.25, -0.2) is 0 Å². The van der Waals surface area contributed by atoms with Crippen molar-refractivity contribution in [3.8, 4) is 0 Å². The van der Waals surface area contributed by atoms with Crippen LogP contribution in [0.3, 0.4) is 0 Å². The molecule has 7 heavy (non-hydrogen) atoms. The Morgan fingerprint density at radius 1 is 1.71 bits per heavy atom. The molecule has 0 atom stereocenters.